The number of rotatable bonds is 6. The highest BCUT2D eigenvalue weighted by molar-refractivity contribution is 6.01. The average molecular weight is 354 g/mol. The van der Waals surface area contributed by atoms with E-state index in [9.17, 15) is 14.4 Å². The number of hydrogen-bond donors (Lipinski definition) is 2. The zero-order chi connectivity index (χ0) is 19.1. The number of carbonyl (C=O) groups is 3. The number of ketones is 1. The van der Waals surface area contributed by atoms with Gasteiger partial charge in [-0.3, -0.25) is 14.9 Å². The maximum atomic E-state index is 12.3. The minimum atomic E-state index is -0.563. The zero-order valence-electron chi connectivity index (χ0n) is 15.1. The Kier molecular flexibility index (Phi) is 6.49. The normalized spacial score (nSPS) is 10.1. The van der Waals surface area contributed by atoms with Crippen LogP contribution in [0.15, 0.2) is 42.5 Å². The maximum Gasteiger partial charge on any atom is 0.411 e. The number of ether oxygens (including phenoxy) is 1. The van der Waals surface area contributed by atoms with Gasteiger partial charge in [-0.2, -0.15) is 0 Å². The topological polar surface area (TPSA) is 84.5 Å². The van der Waals surface area contributed by atoms with Crippen molar-refractivity contribution >= 4 is 29.2 Å². The lowest BCUT2D eigenvalue weighted by Gasteiger charge is -2.08. The summed E-state index contributed by atoms with van der Waals surface area (Å²) in [6, 6.07) is 12.3. The predicted octanol–water partition coefficient (Wildman–Crippen LogP) is 4.08. The molecule has 0 spiro atoms. The Balaban J connectivity index is 1.87. The molecule has 2 aromatic carbocycles. The van der Waals surface area contributed by atoms with Gasteiger partial charge in [0.1, 0.15) is 0 Å². The molecule has 0 aliphatic carbocycles. The second-order valence-corrected chi connectivity index (χ2v) is 5.98. The van der Waals surface area contributed by atoms with Crippen molar-refractivity contribution in [2.24, 2.45) is 0 Å². The van der Waals surface area contributed by atoms with Crippen LogP contribution in [0.2, 0.25) is 0 Å². The fraction of sp³-hybridized carbons (Fsp3) is 0.250. The third-order valence-electron chi connectivity index (χ3n) is 3.87. The Morgan fingerprint density at radius 3 is 2.12 bits per heavy atom. The quantitative estimate of drug-likeness (QED) is 0.766. The number of amides is 2. The molecule has 0 saturated carbocycles. The first kappa shape index (κ1) is 19.2. The number of benzene rings is 2. The molecule has 0 bridgehead atoms. The van der Waals surface area contributed by atoms with E-state index in [4.69, 9.17) is 0 Å². The fourth-order valence-electron chi connectivity index (χ4n) is 2.43. The molecule has 2 rings (SSSR count). The summed E-state index contributed by atoms with van der Waals surface area (Å²) in [5.74, 6) is -0.281. The van der Waals surface area contributed by atoms with E-state index in [0.717, 1.165) is 11.1 Å². The number of methoxy groups -OCH3 is 1. The average Bonchev–Trinajstić information content (AvgIpc) is 2.63. The summed E-state index contributed by atoms with van der Waals surface area (Å²) in [5.41, 5.74) is 3.74. The fourth-order valence-corrected chi connectivity index (χ4v) is 2.43. The Labute approximate surface area is 152 Å². The summed E-state index contributed by atoms with van der Waals surface area (Å²) in [4.78, 5) is 35.5. The molecule has 0 saturated heterocycles. The number of nitrogens with one attached hydrogen (secondary N) is 2. The summed E-state index contributed by atoms with van der Waals surface area (Å²) in [7, 11) is 1.28. The van der Waals surface area contributed by atoms with Gasteiger partial charge >= 0.3 is 6.09 Å². The Bertz CT molecular complexity index is 813. The molecule has 0 atom stereocenters. The SMILES string of the molecule is COC(=O)Nc1ccc(NC(=O)CCC(=O)c2cc(C)ccc2C)cc1. The molecule has 0 aliphatic rings. The molecule has 2 aromatic rings. The second kappa shape index (κ2) is 8.80. The van der Waals surface area contributed by atoms with E-state index in [0.29, 0.717) is 16.9 Å². The molecule has 0 radical (unpaired) electrons. The molecule has 0 fully saturated rings. The van der Waals surface area contributed by atoms with Crippen LogP contribution < -0.4 is 10.6 Å². The van der Waals surface area contributed by atoms with Crippen LogP contribution in [0.1, 0.15) is 34.3 Å². The van der Waals surface area contributed by atoms with Gasteiger partial charge in [-0.25, -0.2) is 4.79 Å². The Morgan fingerprint density at radius 1 is 0.885 bits per heavy atom. The summed E-state index contributed by atoms with van der Waals surface area (Å²) >= 11 is 0. The van der Waals surface area contributed by atoms with E-state index >= 15 is 0 Å². The first-order valence-corrected chi connectivity index (χ1v) is 8.24. The molecule has 0 aromatic heterocycles. The molecule has 0 unspecified atom stereocenters. The van der Waals surface area contributed by atoms with Crippen LogP contribution in [0.4, 0.5) is 16.2 Å². The van der Waals surface area contributed by atoms with Gasteiger partial charge in [-0.1, -0.05) is 17.7 Å². The predicted molar refractivity (Wildman–Crippen MR) is 101 cm³/mol. The van der Waals surface area contributed by atoms with Crippen molar-refractivity contribution in [2.75, 3.05) is 17.7 Å². The summed E-state index contributed by atoms with van der Waals surface area (Å²) in [6.07, 6.45) is -0.307. The highest BCUT2D eigenvalue weighted by Crippen LogP contribution is 2.16. The molecule has 0 aliphatic heterocycles. The minimum absolute atomic E-state index is 0.0426. The standard InChI is InChI=1S/C20H22N2O4/c1-13-4-5-14(2)17(12-13)18(23)10-11-19(24)21-15-6-8-16(9-7-15)22-20(25)26-3/h4-9,12H,10-11H2,1-3H3,(H,21,24)(H,22,25). The molecular weight excluding hydrogens is 332 g/mol. The number of anilines is 2. The van der Waals surface area contributed by atoms with E-state index < -0.39 is 6.09 Å². The molecule has 2 N–H and O–H groups in total. The number of hydrogen-bond acceptors (Lipinski definition) is 4. The first-order chi connectivity index (χ1) is 12.4. The Morgan fingerprint density at radius 2 is 1.50 bits per heavy atom. The molecular formula is C20H22N2O4. The van der Waals surface area contributed by atoms with Crippen LogP contribution in [-0.4, -0.2) is 24.9 Å². The maximum absolute atomic E-state index is 12.3. The van der Waals surface area contributed by atoms with Gasteiger partial charge in [0.25, 0.3) is 0 Å². The van der Waals surface area contributed by atoms with Crippen molar-refractivity contribution in [3.63, 3.8) is 0 Å². The van der Waals surface area contributed by atoms with E-state index in [1.54, 1.807) is 24.3 Å². The monoisotopic (exact) mass is 354 g/mol. The van der Waals surface area contributed by atoms with Gasteiger partial charge in [0, 0.05) is 29.8 Å². The summed E-state index contributed by atoms with van der Waals surface area (Å²) < 4.78 is 4.50. The first-order valence-electron chi connectivity index (χ1n) is 8.24. The van der Waals surface area contributed by atoms with Crippen LogP contribution in [0.5, 0.6) is 0 Å². The third-order valence-corrected chi connectivity index (χ3v) is 3.87. The highest BCUT2D eigenvalue weighted by atomic mass is 16.5. The van der Waals surface area contributed by atoms with Crippen LogP contribution in [0.3, 0.4) is 0 Å². The van der Waals surface area contributed by atoms with Crippen LogP contribution in [0, 0.1) is 13.8 Å². The van der Waals surface area contributed by atoms with Gasteiger partial charge < -0.3 is 10.1 Å². The summed E-state index contributed by atoms with van der Waals surface area (Å²) in [6.45, 7) is 3.82. The van der Waals surface area contributed by atoms with Crippen molar-refractivity contribution in [3.05, 3.63) is 59.2 Å². The molecule has 2 amide bonds. The highest BCUT2D eigenvalue weighted by Gasteiger charge is 2.12. The largest absolute Gasteiger partial charge is 0.453 e. The zero-order valence-corrected chi connectivity index (χ0v) is 15.1. The smallest absolute Gasteiger partial charge is 0.411 e. The lowest BCUT2D eigenvalue weighted by Crippen LogP contribution is -2.14. The molecule has 0 heterocycles. The Hall–Kier alpha value is -3.15. The van der Waals surface area contributed by atoms with Crippen LogP contribution >= 0.6 is 0 Å². The van der Waals surface area contributed by atoms with Gasteiger partial charge in [-0.15, -0.1) is 0 Å². The number of aryl methyl sites for hydroxylation is 2. The molecule has 26 heavy (non-hydrogen) atoms. The third kappa shape index (κ3) is 5.44. The summed E-state index contributed by atoms with van der Waals surface area (Å²) in [5, 5.41) is 5.26. The number of carbonyl (C=O) groups excluding carboxylic acids is 3. The second-order valence-electron chi connectivity index (χ2n) is 5.98. The van der Waals surface area contributed by atoms with Crippen molar-refractivity contribution in [2.45, 2.75) is 26.7 Å². The lowest BCUT2D eigenvalue weighted by molar-refractivity contribution is -0.116. The van der Waals surface area contributed by atoms with Gasteiger partial charge in [0.15, 0.2) is 5.78 Å². The van der Waals surface area contributed by atoms with Crippen molar-refractivity contribution in [1.29, 1.82) is 0 Å². The van der Waals surface area contributed by atoms with Crippen molar-refractivity contribution in [1.82, 2.24) is 0 Å². The minimum Gasteiger partial charge on any atom is -0.453 e. The van der Waals surface area contributed by atoms with Gasteiger partial charge in [0.2, 0.25) is 5.91 Å². The number of Topliss-reactive ketones (excluding diaryl/α,β-unsaturated/α-hetero) is 1. The van der Waals surface area contributed by atoms with E-state index in [1.165, 1.54) is 7.11 Å². The van der Waals surface area contributed by atoms with Crippen LogP contribution in [-0.2, 0) is 9.53 Å². The van der Waals surface area contributed by atoms with E-state index in [1.807, 2.05) is 32.0 Å². The van der Waals surface area contributed by atoms with Crippen LogP contribution in [0.25, 0.3) is 0 Å². The van der Waals surface area contributed by atoms with E-state index in [-0.39, 0.29) is 24.5 Å². The molecule has 6 nitrogen and oxygen atoms in total. The van der Waals surface area contributed by atoms with Gasteiger partial charge in [-0.05, 0) is 49.7 Å². The van der Waals surface area contributed by atoms with Crippen molar-refractivity contribution < 1.29 is 19.1 Å². The van der Waals surface area contributed by atoms with E-state index in [2.05, 4.69) is 15.4 Å². The lowest BCUT2D eigenvalue weighted by atomic mass is 9.99. The van der Waals surface area contributed by atoms with Crippen molar-refractivity contribution in [3.8, 4) is 0 Å². The van der Waals surface area contributed by atoms with Gasteiger partial charge in [0.05, 0.1) is 7.11 Å². The molecule has 6 heteroatoms. The molecule has 136 valence electrons.